The van der Waals surface area contributed by atoms with Crippen molar-refractivity contribution >= 4 is 53.9 Å². The van der Waals surface area contributed by atoms with Crippen LogP contribution in [0.4, 0.5) is 0 Å². The Kier molecular flexibility index (Phi) is 2.97. The molecule has 0 heterocycles. The average Bonchev–Trinajstić information content (AvgIpc) is 3.19. The van der Waals surface area contributed by atoms with Gasteiger partial charge in [-0.2, -0.15) is 0 Å². The van der Waals surface area contributed by atoms with Crippen molar-refractivity contribution in [2.75, 3.05) is 0 Å². The van der Waals surface area contributed by atoms with Gasteiger partial charge in [-0.1, -0.05) is 103 Å². The molecular formula is C32H18. The largest absolute Gasteiger partial charge is 0.0616 e. The van der Waals surface area contributed by atoms with Gasteiger partial charge in [0.1, 0.15) is 0 Å². The van der Waals surface area contributed by atoms with Crippen LogP contribution in [0.5, 0.6) is 0 Å². The van der Waals surface area contributed by atoms with E-state index in [4.69, 9.17) is 0 Å². The molecule has 7 aromatic carbocycles. The first kappa shape index (κ1) is 16.5. The number of fused-ring (bicyclic) bond motifs is 12. The van der Waals surface area contributed by atoms with Crippen LogP contribution in [0.2, 0.25) is 0 Å². The van der Waals surface area contributed by atoms with Crippen molar-refractivity contribution in [2.45, 2.75) is 0 Å². The SMILES string of the molecule is c1ccc2c(c1)cc1c3c(cccc32)-c2c-1c1ccccc1c1ccc3ccccc3c21. The summed E-state index contributed by atoms with van der Waals surface area (Å²) < 4.78 is 0. The Bertz CT molecular complexity index is 1920. The molecule has 0 aromatic heterocycles. The first-order valence-electron chi connectivity index (χ1n) is 11.2. The normalized spacial score (nSPS) is 12.4. The Balaban J connectivity index is 1.74. The highest BCUT2D eigenvalue weighted by Gasteiger charge is 2.27. The molecule has 146 valence electrons. The van der Waals surface area contributed by atoms with Gasteiger partial charge < -0.3 is 0 Å². The van der Waals surface area contributed by atoms with Crippen molar-refractivity contribution in [3.63, 3.8) is 0 Å². The second-order valence-electron chi connectivity index (χ2n) is 8.88. The van der Waals surface area contributed by atoms with Crippen molar-refractivity contribution in [3.05, 3.63) is 109 Å². The lowest BCUT2D eigenvalue weighted by molar-refractivity contribution is 1.76. The van der Waals surface area contributed by atoms with Gasteiger partial charge in [0, 0.05) is 0 Å². The van der Waals surface area contributed by atoms with Gasteiger partial charge in [-0.15, -0.1) is 0 Å². The smallest absolute Gasteiger partial charge is 0.000741 e. The molecule has 0 amide bonds. The molecule has 1 aliphatic carbocycles. The van der Waals surface area contributed by atoms with Gasteiger partial charge in [0.2, 0.25) is 0 Å². The molecule has 0 N–H and O–H groups in total. The number of rotatable bonds is 0. The van der Waals surface area contributed by atoms with Gasteiger partial charge in [-0.25, -0.2) is 0 Å². The van der Waals surface area contributed by atoms with E-state index in [1.54, 1.807) is 0 Å². The highest BCUT2D eigenvalue weighted by Crippen LogP contribution is 2.55. The standard InChI is InChI=1S/C32H18/c1-4-11-22-19(8-1)16-17-26-23-12-5-6-13-25(23)31-28-18-20-9-2-3-10-21(20)24-14-7-15-27(29(24)28)32(31)30(22)26/h1-18H. The Labute approximate surface area is 185 Å². The monoisotopic (exact) mass is 402 g/mol. The minimum absolute atomic E-state index is 1.30. The minimum atomic E-state index is 1.30. The summed E-state index contributed by atoms with van der Waals surface area (Å²) in [6, 6.07) is 40.4. The van der Waals surface area contributed by atoms with Gasteiger partial charge >= 0.3 is 0 Å². The minimum Gasteiger partial charge on any atom is -0.0616 e. The first-order valence-corrected chi connectivity index (χ1v) is 11.2. The number of hydrogen-bond acceptors (Lipinski definition) is 0. The molecule has 32 heavy (non-hydrogen) atoms. The number of hydrogen-bond donors (Lipinski definition) is 0. The zero-order chi connectivity index (χ0) is 20.8. The third-order valence-electron chi connectivity index (χ3n) is 7.34. The fourth-order valence-electron chi connectivity index (χ4n) is 6.08. The quantitative estimate of drug-likeness (QED) is 0.222. The molecule has 7 aromatic rings. The highest BCUT2D eigenvalue weighted by molar-refractivity contribution is 6.36. The molecule has 0 atom stereocenters. The van der Waals surface area contributed by atoms with Crippen molar-refractivity contribution < 1.29 is 0 Å². The lowest BCUT2D eigenvalue weighted by Crippen LogP contribution is -1.87. The van der Waals surface area contributed by atoms with Crippen molar-refractivity contribution in [3.8, 4) is 22.3 Å². The van der Waals surface area contributed by atoms with Crippen LogP contribution in [0, 0.1) is 0 Å². The summed E-state index contributed by atoms with van der Waals surface area (Å²) in [5.41, 5.74) is 5.52. The predicted molar refractivity (Wildman–Crippen MR) is 138 cm³/mol. The van der Waals surface area contributed by atoms with E-state index in [0.717, 1.165) is 0 Å². The van der Waals surface area contributed by atoms with E-state index in [2.05, 4.69) is 109 Å². The molecule has 0 heteroatoms. The van der Waals surface area contributed by atoms with Crippen LogP contribution in [0.15, 0.2) is 109 Å². The van der Waals surface area contributed by atoms with Crippen LogP contribution < -0.4 is 0 Å². The molecule has 0 unspecified atom stereocenters. The molecule has 0 radical (unpaired) electrons. The van der Waals surface area contributed by atoms with Crippen LogP contribution in [0.1, 0.15) is 0 Å². The Hall–Kier alpha value is -4.16. The molecule has 0 aliphatic heterocycles. The Morgan fingerprint density at radius 2 is 0.969 bits per heavy atom. The van der Waals surface area contributed by atoms with Crippen molar-refractivity contribution in [1.29, 1.82) is 0 Å². The molecule has 0 saturated carbocycles. The van der Waals surface area contributed by atoms with Gasteiger partial charge in [0.05, 0.1) is 0 Å². The first-order chi connectivity index (χ1) is 15.9. The van der Waals surface area contributed by atoms with Crippen LogP contribution in [0.25, 0.3) is 76.1 Å². The third kappa shape index (κ3) is 1.89. The topological polar surface area (TPSA) is 0 Å². The molecule has 0 saturated heterocycles. The molecule has 0 spiro atoms. The average molecular weight is 402 g/mol. The highest BCUT2D eigenvalue weighted by atomic mass is 14.3. The summed E-state index contributed by atoms with van der Waals surface area (Å²) in [6.45, 7) is 0. The fraction of sp³-hybridized carbons (Fsp3) is 0. The zero-order valence-corrected chi connectivity index (χ0v) is 17.4. The summed E-state index contributed by atoms with van der Waals surface area (Å²) in [6.07, 6.45) is 0. The number of benzene rings is 7. The lowest BCUT2D eigenvalue weighted by atomic mass is 9.87. The summed E-state index contributed by atoms with van der Waals surface area (Å²) in [4.78, 5) is 0. The summed E-state index contributed by atoms with van der Waals surface area (Å²) in [5, 5.41) is 13.4. The summed E-state index contributed by atoms with van der Waals surface area (Å²) in [5.74, 6) is 0. The van der Waals surface area contributed by atoms with E-state index in [1.165, 1.54) is 76.1 Å². The molecular weight excluding hydrogens is 384 g/mol. The molecule has 8 rings (SSSR count). The van der Waals surface area contributed by atoms with E-state index in [-0.39, 0.29) is 0 Å². The maximum absolute atomic E-state index is 2.41. The van der Waals surface area contributed by atoms with E-state index >= 15 is 0 Å². The maximum atomic E-state index is 2.41. The van der Waals surface area contributed by atoms with E-state index < -0.39 is 0 Å². The van der Waals surface area contributed by atoms with Gasteiger partial charge in [-0.05, 0) is 82.2 Å². The fourth-order valence-corrected chi connectivity index (χ4v) is 6.08. The molecule has 1 aliphatic rings. The van der Waals surface area contributed by atoms with Gasteiger partial charge in [0.15, 0.2) is 0 Å². The van der Waals surface area contributed by atoms with Gasteiger partial charge in [0.25, 0.3) is 0 Å². The maximum Gasteiger partial charge on any atom is -0.000741 e. The van der Waals surface area contributed by atoms with Crippen LogP contribution >= 0.6 is 0 Å². The molecule has 0 bridgehead atoms. The van der Waals surface area contributed by atoms with Gasteiger partial charge in [-0.3, -0.25) is 0 Å². The molecule has 0 nitrogen and oxygen atoms in total. The van der Waals surface area contributed by atoms with E-state index in [9.17, 15) is 0 Å². The summed E-state index contributed by atoms with van der Waals surface area (Å²) in [7, 11) is 0. The van der Waals surface area contributed by atoms with Crippen LogP contribution in [-0.4, -0.2) is 0 Å². The zero-order valence-electron chi connectivity index (χ0n) is 17.4. The van der Waals surface area contributed by atoms with Crippen LogP contribution in [0.3, 0.4) is 0 Å². The second-order valence-corrected chi connectivity index (χ2v) is 8.88. The molecule has 0 fully saturated rings. The second kappa shape index (κ2) is 5.75. The van der Waals surface area contributed by atoms with E-state index in [0.29, 0.717) is 0 Å². The summed E-state index contributed by atoms with van der Waals surface area (Å²) >= 11 is 0. The van der Waals surface area contributed by atoms with Crippen molar-refractivity contribution in [1.82, 2.24) is 0 Å². The third-order valence-corrected chi connectivity index (χ3v) is 7.34. The Morgan fingerprint density at radius 1 is 0.312 bits per heavy atom. The van der Waals surface area contributed by atoms with Crippen molar-refractivity contribution in [2.24, 2.45) is 0 Å². The lowest BCUT2D eigenvalue weighted by Gasteiger charge is -2.15. The predicted octanol–water partition coefficient (Wildman–Crippen LogP) is 9.10. The van der Waals surface area contributed by atoms with E-state index in [1.807, 2.05) is 0 Å². The Morgan fingerprint density at radius 3 is 1.84 bits per heavy atom. The van der Waals surface area contributed by atoms with Crippen LogP contribution in [-0.2, 0) is 0 Å².